The minimum Gasteiger partial charge on any atom is -0.423 e. The van der Waals surface area contributed by atoms with E-state index in [-0.39, 0.29) is 0 Å². The third-order valence-electron chi connectivity index (χ3n) is 4.03. The Morgan fingerprint density at radius 1 is 1.26 bits per heavy atom. The van der Waals surface area contributed by atoms with Gasteiger partial charge in [-0.25, -0.2) is 4.98 Å². The number of ether oxygens (including phenoxy) is 1. The number of nitrogens with one attached hydrogen (secondary N) is 1. The molecule has 0 aliphatic carbocycles. The minimum atomic E-state index is 0.666. The second-order valence-corrected chi connectivity index (χ2v) is 5.59. The number of imidazole rings is 1. The van der Waals surface area contributed by atoms with Crippen molar-refractivity contribution in [3.8, 4) is 0 Å². The van der Waals surface area contributed by atoms with Gasteiger partial charge in [-0.1, -0.05) is 0 Å². The van der Waals surface area contributed by atoms with Gasteiger partial charge in [0.05, 0.1) is 19.8 Å². The summed E-state index contributed by atoms with van der Waals surface area (Å²) in [7, 11) is 1.98. The zero-order valence-corrected chi connectivity index (χ0v) is 13.0. The molecule has 1 saturated heterocycles. The maximum absolute atomic E-state index is 5.91. The highest BCUT2D eigenvalue weighted by Crippen LogP contribution is 2.25. The number of nitrogens with zero attached hydrogens (tertiary/aromatic N) is 4. The highest BCUT2D eigenvalue weighted by molar-refractivity contribution is 5.78. The van der Waals surface area contributed by atoms with E-state index in [9.17, 15) is 0 Å². The molecule has 0 atom stereocenters. The first-order chi connectivity index (χ1) is 11.3. The van der Waals surface area contributed by atoms with E-state index in [1.165, 1.54) is 0 Å². The first-order valence-electron chi connectivity index (χ1n) is 7.73. The van der Waals surface area contributed by atoms with E-state index >= 15 is 0 Å². The van der Waals surface area contributed by atoms with Crippen molar-refractivity contribution in [1.82, 2.24) is 14.5 Å². The molecule has 4 rings (SSSR count). The van der Waals surface area contributed by atoms with Crippen LogP contribution in [0.2, 0.25) is 0 Å². The zero-order chi connectivity index (χ0) is 15.6. The van der Waals surface area contributed by atoms with Gasteiger partial charge in [-0.3, -0.25) is 0 Å². The number of aromatic nitrogens is 3. The number of benzene rings is 1. The summed E-state index contributed by atoms with van der Waals surface area (Å²) >= 11 is 0. The second kappa shape index (κ2) is 5.92. The molecule has 1 fully saturated rings. The number of hydrogen-bond acceptors (Lipinski definition) is 6. The van der Waals surface area contributed by atoms with Gasteiger partial charge < -0.3 is 23.9 Å². The van der Waals surface area contributed by atoms with Crippen LogP contribution in [0.4, 0.5) is 11.7 Å². The number of aryl methyl sites for hydroxylation is 1. The molecule has 1 aliphatic heterocycles. The van der Waals surface area contributed by atoms with Gasteiger partial charge >= 0.3 is 0 Å². The first-order valence-corrected chi connectivity index (χ1v) is 7.73. The summed E-state index contributed by atoms with van der Waals surface area (Å²) in [5.41, 5.74) is 2.65. The lowest BCUT2D eigenvalue weighted by atomic mass is 10.3. The Morgan fingerprint density at radius 2 is 2.13 bits per heavy atom. The van der Waals surface area contributed by atoms with Crippen molar-refractivity contribution in [2.24, 2.45) is 7.05 Å². The smallest absolute Gasteiger partial charge is 0.298 e. The van der Waals surface area contributed by atoms with Gasteiger partial charge in [0.25, 0.3) is 6.01 Å². The highest BCUT2D eigenvalue weighted by Gasteiger charge is 2.17. The summed E-state index contributed by atoms with van der Waals surface area (Å²) in [4.78, 5) is 11.0. The van der Waals surface area contributed by atoms with Crippen LogP contribution in [0.1, 0.15) is 5.82 Å². The normalized spacial score (nSPS) is 15.3. The molecular formula is C16H19N5O2. The Hall–Kier alpha value is -2.54. The third kappa shape index (κ3) is 2.87. The molecule has 3 aromatic rings. The van der Waals surface area contributed by atoms with Gasteiger partial charge in [0.15, 0.2) is 5.58 Å². The molecule has 0 radical (unpaired) electrons. The fraction of sp³-hybridized carbons (Fsp3) is 0.375. The van der Waals surface area contributed by atoms with E-state index in [1.807, 2.05) is 36.0 Å². The predicted molar refractivity (Wildman–Crippen MR) is 87.6 cm³/mol. The summed E-state index contributed by atoms with van der Waals surface area (Å²) in [6.07, 6.45) is 3.73. The van der Waals surface area contributed by atoms with Crippen molar-refractivity contribution < 1.29 is 9.15 Å². The molecule has 120 valence electrons. The molecule has 23 heavy (non-hydrogen) atoms. The van der Waals surface area contributed by atoms with Gasteiger partial charge in [0.2, 0.25) is 0 Å². The summed E-state index contributed by atoms with van der Waals surface area (Å²) in [5, 5.41) is 3.36. The largest absolute Gasteiger partial charge is 0.423 e. The number of fused-ring (bicyclic) bond motifs is 1. The quantitative estimate of drug-likeness (QED) is 0.794. The van der Waals surface area contributed by atoms with E-state index in [1.54, 1.807) is 6.20 Å². The first kappa shape index (κ1) is 14.1. The SMILES string of the molecule is Cn1ccnc1CNc1ccc2nc(N3CCOCC3)oc2c1. The van der Waals surface area contributed by atoms with Crippen LogP contribution < -0.4 is 10.2 Å². The van der Waals surface area contributed by atoms with Crippen molar-refractivity contribution in [3.63, 3.8) is 0 Å². The summed E-state index contributed by atoms with van der Waals surface area (Å²) in [6, 6.07) is 6.64. The van der Waals surface area contributed by atoms with Crippen molar-refractivity contribution in [1.29, 1.82) is 0 Å². The van der Waals surface area contributed by atoms with Gasteiger partial charge in [0, 0.05) is 44.3 Å². The summed E-state index contributed by atoms with van der Waals surface area (Å²) in [5.74, 6) is 0.983. The van der Waals surface area contributed by atoms with Crippen molar-refractivity contribution in [2.45, 2.75) is 6.54 Å². The number of hydrogen-bond donors (Lipinski definition) is 1. The number of anilines is 2. The number of oxazole rings is 1. The molecule has 0 bridgehead atoms. The van der Waals surface area contributed by atoms with E-state index in [0.717, 1.165) is 48.9 Å². The Labute approximate surface area is 133 Å². The van der Waals surface area contributed by atoms with Gasteiger partial charge in [-0.15, -0.1) is 0 Å². The Balaban J connectivity index is 1.52. The molecule has 1 N–H and O–H groups in total. The second-order valence-electron chi connectivity index (χ2n) is 5.59. The van der Waals surface area contributed by atoms with E-state index in [2.05, 4.69) is 20.2 Å². The minimum absolute atomic E-state index is 0.666. The van der Waals surface area contributed by atoms with Crippen LogP contribution >= 0.6 is 0 Å². The lowest BCUT2D eigenvalue weighted by molar-refractivity contribution is 0.120. The Bertz CT molecular complexity index is 804. The van der Waals surface area contributed by atoms with Crippen LogP contribution in [0.15, 0.2) is 35.0 Å². The molecule has 1 aromatic carbocycles. The van der Waals surface area contributed by atoms with Crippen molar-refractivity contribution in [3.05, 3.63) is 36.4 Å². The molecule has 0 spiro atoms. The molecule has 0 saturated carbocycles. The third-order valence-corrected chi connectivity index (χ3v) is 4.03. The molecule has 1 aliphatic rings. The van der Waals surface area contributed by atoms with E-state index < -0.39 is 0 Å². The standard InChI is InChI=1S/C16H19N5O2/c1-20-5-4-17-15(20)11-18-12-2-3-13-14(10-12)23-16(19-13)21-6-8-22-9-7-21/h2-5,10,18H,6-9,11H2,1H3. The molecule has 0 unspecified atom stereocenters. The van der Waals surface area contributed by atoms with E-state index in [4.69, 9.17) is 9.15 Å². The molecule has 7 heteroatoms. The summed E-state index contributed by atoms with van der Waals surface area (Å²) in [6.45, 7) is 3.73. The average molecular weight is 313 g/mol. The molecular weight excluding hydrogens is 294 g/mol. The summed E-state index contributed by atoms with van der Waals surface area (Å²) < 4.78 is 13.3. The van der Waals surface area contributed by atoms with Crippen LogP contribution in [0.5, 0.6) is 0 Å². The van der Waals surface area contributed by atoms with Crippen LogP contribution in [0, 0.1) is 0 Å². The van der Waals surface area contributed by atoms with Crippen LogP contribution in [-0.2, 0) is 18.3 Å². The Kier molecular flexibility index (Phi) is 3.63. The molecule has 0 amide bonds. The maximum Gasteiger partial charge on any atom is 0.298 e. The number of rotatable bonds is 4. The average Bonchev–Trinajstić information content (AvgIpc) is 3.19. The monoisotopic (exact) mass is 313 g/mol. The van der Waals surface area contributed by atoms with Crippen molar-refractivity contribution >= 4 is 22.8 Å². The molecule has 7 nitrogen and oxygen atoms in total. The maximum atomic E-state index is 5.91. The predicted octanol–water partition coefficient (Wildman–Crippen LogP) is 2.01. The van der Waals surface area contributed by atoms with Gasteiger partial charge in [-0.2, -0.15) is 4.98 Å². The fourth-order valence-corrected chi connectivity index (χ4v) is 2.66. The van der Waals surface area contributed by atoms with Crippen LogP contribution in [0.3, 0.4) is 0 Å². The highest BCUT2D eigenvalue weighted by atomic mass is 16.5. The molecule has 3 heterocycles. The zero-order valence-electron chi connectivity index (χ0n) is 13.0. The topological polar surface area (TPSA) is 68.4 Å². The Morgan fingerprint density at radius 3 is 2.91 bits per heavy atom. The van der Waals surface area contributed by atoms with Gasteiger partial charge in [-0.05, 0) is 12.1 Å². The van der Waals surface area contributed by atoms with Gasteiger partial charge in [0.1, 0.15) is 11.3 Å². The molecule has 2 aromatic heterocycles. The van der Waals surface area contributed by atoms with Crippen LogP contribution in [0.25, 0.3) is 11.1 Å². The van der Waals surface area contributed by atoms with E-state index in [0.29, 0.717) is 12.6 Å². The lowest BCUT2D eigenvalue weighted by Crippen LogP contribution is -2.36. The fourth-order valence-electron chi connectivity index (χ4n) is 2.66. The van der Waals surface area contributed by atoms with Crippen molar-refractivity contribution in [2.75, 3.05) is 36.5 Å². The lowest BCUT2D eigenvalue weighted by Gasteiger charge is -2.24. The number of morpholine rings is 1. The van der Waals surface area contributed by atoms with Crippen LogP contribution in [-0.4, -0.2) is 40.8 Å².